The number of likely N-dealkylation sites (N-methyl/N-ethyl adjacent to an activating group) is 1. The lowest BCUT2D eigenvalue weighted by Gasteiger charge is -2.32. The molecule has 1 aliphatic heterocycles. The molecule has 17 heavy (non-hydrogen) atoms. The molecule has 0 radical (unpaired) electrons. The molecule has 0 spiro atoms. The number of amides is 1. The zero-order valence-electron chi connectivity index (χ0n) is 9.87. The molecule has 5 heteroatoms. The zero-order valence-corrected chi connectivity index (χ0v) is 10.7. The quantitative estimate of drug-likeness (QED) is 0.874. The molecule has 1 heterocycles. The number of para-hydroxylation sites is 1. The van der Waals surface area contributed by atoms with Crippen molar-refractivity contribution < 1.29 is 9.18 Å². The van der Waals surface area contributed by atoms with Gasteiger partial charge in [-0.1, -0.05) is 13.0 Å². The Hall–Kier alpha value is -1.07. The van der Waals surface area contributed by atoms with Crippen molar-refractivity contribution in [2.75, 3.05) is 25.0 Å². The number of anilines is 1. The van der Waals surface area contributed by atoms with Crippen molar-refractivity contribution in [1.82, 2.24) is 5.32 Å². The second kappa shape index (κ2) is 5.06. The van der Waals surface area contributed by atoms with Gasteiger partial charge in [-0.05, 0) is 19.2 Å². The molecule has 0 aliphatic carbocycles. The Balaban J connectivity index is 2.39. The van der Waals surface area contributed by atoms with E-state index in [-0.39, 0.29) is 23.5 Å². The minimum atomic E-state index is -0.327. The number of fused-ring (bicyclic) bond motifs is 1. The minimum Gasteiger partial charge on any atom is -0.311 e. The van der Waals surface area contributed by atoms with Crippen molar-refractivity contribution in [3.63, 3.8) is 0 Å². The average molecular weight is 254 g/mol. The van der Waals surface area contributed by atoms with Crippen LogP contribution in [0.1, 0.15) is 6.92 Å². The van der Waals surface area contributed by atoms with Gasteiger partial charge in [-0.15, -0.1) is 11.8 Å². The van der Waals surface area contributed by atoms with E-state index in [1.54, 1.807) is 29.8 Å². The maximum atomic E-state index is 13.8. The molecule has 1 N–H and O–H groups in total. The third-order valence-electron chi connectivity index (χ3n) is 2.62. The number of hydrogen-bond acceptors (Lipinski definition) is 3. The molecule has 0 saturated heterocycles. The summed E-state index contributed by atoms with van der Waals surface area (Å²) in [5.74, 6) is -0.419. The van der Waals surface area contributed by atoms with Crippen LogP contribution in [0.15, 0.2) is 23.1 Å². The number of nitrogens with zero attached hydrogens (tertiary/aromatic N) is 1. The Kier molecular flexibility index (Phi) is 3.69. The second-order valence-corrected chi connectivity index (χ2v) is 5.53. The first-order chi connectivity index (χ1) is 8.13. The summed E-state index contributed by atoms with van der Waals surface area (Å²) in [6, 6.07) is 4.94. The molecule has 1 aliphatic rings. The van der Waals surface area contributed by atoms with Gasteiger partial charge in [0.25, 0.3) is 0 Å². The molecule has 0 saturated carbocycles. The molecule has 2 rings (SSSR count). The Morgan fingerprint density at radius 3 is 3.12 bits per heavy atom. The molecule has 92 valence electrons. The van der Waals surface area contributed by atoms with Gasteiger partial charge in [0.15, 0.2) is 0 Å². The molecule has 1 atom stereocenters. The van der Waals surface area contributed by atoms with E-state index in [2.05, 4.69) is 5.32 Å². The Morgan fingerprint density at radius 1 is 1.65 bits per heavy atom. The van der Waals surface area contributed by atoms with Gasteiger partial charge in [0.05, 0.1) is 12.2 Å². The summed E-state index contributed by atoms with van der Waals surface area (Å²) in [4.78, 5) is 14.3. The van der Waals surface area contributed by atoms with Crippen molar-refractivity contribution in [1.29, 1.82) is 0 Å². The highest BCUT2D eigenvalue weighted by Crippen LogP contribution is 2.39. The number of carbonyl (C=O) groups excluding carboxylic acids is 1. The Labute approximate surface area is 104 Å². The number of nitrogens with one attached hydrogen (secondary N) is 1. The summed E-state index contributed by atoms with van der Waals surface area (Å²) in [5, 5.41) is 3.09. The summed E-state index contributed by atoms with van der Waals surface area (Å²) in [6.45, 7) is 2.82. The van der Waals surface area contributed by atoms with Crippen LogP contribution >= 0.6 is 11.8 Å². The van der Waals surface area contributed by atoms with Crippen LogP contribution in [0.25, 0.3) is 0 Å². The van der Waals surface area contributed by atoms with E-state index in [9.17, 15) is 9.18 Å². The number of thioether (sulfide) groups is 1. The van der Waals surface area contributed by atoms with Gasteiger partial charge in [-0.2, -0.15) is 0 Å². The fourth-order valence-corrected chi connectivity index (χ4v) is 3.06. The largest absolute Gasteiger partial charge is 0.311 e. The van der Waals surface area contributed by atoms with E-state index in [0.29, 0.717) is 12.2 Å². The van der Waals surface area contributed by atoms with E-state index in [0.717, 1.165) is 4.90 Å². The van der Waals surface area contributed by atoms with Crippen molar-refractivity contribution in [3.05, 3.63) is 24.0 Å². The standard InChI is InChI=1S/C12H15FN2OS/c1-8-7-15(11(16)6-14-2)12-9(13)4-3-5-10(12)17-8/h3-5,8,14H,6-7H2,1-2H3. The molecular weight excluding hydrogens is 239 g/mol. The molecule has 0 aromatic heterocycles. The fourth-order valence-electron chi connectivity index (χ4n) is 1.93. The summed E-state index contributed by atoms with van der Waals surface area (Å²) in [7, 11) is 1.71. The molecule has 0 fully saturated rings. The van der Waals surface area contributed by atoms with Crippen LogP contribution in [0.3, 0.4) is 0 Å². The lowest BCUT2D eigenvalue weighted by molar-refractivity contribution is -0.117. The predicted molar refractivity (Wildman–Crippen MR) is 68.0 cm³/mol. The van der Waals surface area contributed by atoms with Gasteiger partial charge in [-0.3, -0.25) is 4.79 Å². The minimum absolute atomic E-state index is 0.0917. The number of carbonyl (C=O) groups is 1. The van der Waals surface area contributed by atoms with Gasteiger partial charge >= 0.3 is 0 Å². The van der Waals surface area contributed by atoms with Crippen molar-refractivity contribution in [3.8, 4) is 0 Å². The maximum Gasteiger partial charge on any atom is 0.241 e. The molecule has 1 amide bonds. The van der Waals surface area contributed by atoms with Crippen LogP contribution in [0, 0.1) is 5.82 Å². The fraction of sp³-hybridized carbons (Fsp3) is 0.417. The van der Waals surface area contributed by atoms with Crippen LogP contribution in [0.5, 0.6) is 0 Å². The monoisotopic (exact) mass is 254 g/mol. The summed E-state index contributed by atoms with van der Waals surface area (Å²) in [5.41, 5.74) is 0.427. The Morgan fingerprint density at radius 2 is 2.41 bits per heavy atom. The van der Waals surface area contributed by atoms with Crippen molar-refractivity contribution in [2.45, 2.75) is 17.1 Å². The highest BCUT2D eigenvalue weighted by molar-refractivity contribution is 8.00. The summed E-state index contributed by atoms with van der Waals surface area (Å²) >= 11 is 1.61. The lowest BCUT2D eigenvalue weighted by Crippen LogP contribution is -2.43. The van der Waals surface area contributed by atoms with Crippen LogP contribution in [-0.2, 0) is 4.79 Å². The smallest absolute Gasteiger partial charge is 0.241 e. The van der Waals surface area contributed by atoms with Gasteiger partial charge in [0, 0.05) is 16.7 Å². The zero-order chi connectivity index (χ0) is 12.4. The van der Waals surface area contributed by atoms with Gasteiger partial charge < -0.3 is 10.2 Å². The third-order valence-corrected chi connectivity index (χ3v) is 3.75. The summed E-state index contributed by atoms with van der Waals surface area (Å²) in [6.07, 6.45) is 0. The maximum absolute atomic E-state index is 13.8. The molecule has 1 aromatic rings. The molecule has 1 aromatic carbocycles. The van der Waals surface area contributed by atoms with Crippen molar-refractivity contribution in [2.24, 2.45) is 0 Å². The first-order valence-electron chi connectivity index (χ1n) is 5.53. The van der Waals surface area contributed by atoms with E-state index < -0.39 is 0 Å². The van der Waals surface area contributed by atoms with Crippen LogP contribution in [0.2, 0.25) is 0 Å². The molecule has 1 unspecified atom stereocenters. The number of halogens is 1. The number of rotatable bonds is 2. The first-order valence-corrected chi connectivity index (χ1v) is 6.41. The topological polar surface area (TPSA) is 32.3 Å². The normalized spacial score (nSPS) is 19.0. The predicted octanol–water partition coefficient (Wildman–Crippen LogP) is 1.87. The number of benzene rings is 1. The average Bonchev–Trinajstić information content (AvgIpc) is 2.28. The molecule has 0 bridgehead atoms. The second-order valence-electron chi connectivity index (χ2n) is 4.05. The highest BCUT2D eigenvalue weighted by atomic mass is 32.2. The molecule has 3 nitrogen and oxygen atoms in total. The van der Waals surface area contributed by atoms with E-state index in [1.165, 1.54) is 6.07 Å². The highest BCUT2D eigenvalue weighted by Gasteiger charge is 2.28. The number of hydrogen-bond donors (Lipinski definition) is 1. The van der Waals surface area contributed by atoms with Gasteiger partial charge in [0.2, 0.25) is 5.91 Å². The van der Waals surface area contributed by atoms with Crippen LogP contribution in [0.4, 0.5) is 10.1 Å². The lowest BCUT2D eigenvalue weighted by atomic mass is 10.2. The van der Waals surface area contributed by atoms with Crippen LogP contribution < -0.4 is 10.2 Å². The SMILES string of the molecule is CNCC(=O)N1CC(C)Sc2cccc(F)c21. The van der Waals surface area contributed by atoms with E-state index in [4.69, 9.17) is 0 Å². The van der Waals surface area contributed by atoms with Crippen molar-refractivity contribution >= 4 is 23.4 Å². The molecular formula is C12H15FN2OS. The Bertz CT molecular complexity index is 439. The third kappa shape index (κ3) is 2.45. The van der Waals surface area contributed by atoms with Crippen LogP contribution in [-0.4, -0.2) is 31.3 Å². The van der Waals surface area contributed by atoms with E-state index >= 15 is 0 Å². The van der Waals surface area contributed by atoms with Gasteiger partial charge in [-0.25, -0.2) is 4.39 Å². The summed E-state index contributed by atoms with van der Waals surface area (Å²) < 4.78 is 13.8. The first kappa shape index (κ1) is 12.4. The van der Waals surface area contributed by atoms with Gasteiger partial charge in [0.1, 0.15) is 5.82 Å². The van der Waals surface area contributed by atoms with E-state index in [1.807, 2.05) is 13.0 Å².